The van der Waals surface area contributed by atoms with Crippen molar-refractivity contribution in [3.05, 3.63) is 59.7 Å². The first-order valence-corrected chi connectivity index (χ1v) is 8.92. The van der Waals surface area contributed by atoms with Gasteiger partial charge in [-0.25, -0.2) is 0 Å². The van der Waals surface area contributed by atoms with E-state index in [0.29, 0.717) is 30.8 Å². The van der Waals surface area contributed by atoms with Gasteiger partial charge in [-0.1, -0.05) is 29.8 Å². The van der Waals surface area contributed by atoms with Crippen LogP contribution in [-0.2, 0) is 20.9 Å². The molecule has 0 spiro atoms. The topological polar surface area (TPSA) is 87.3 Å². The van der Waals surface area contributed by atoms with E-state index in [2.05, 4.69) is 16.0 Å². The molecule has 1 fully saturated rings. The van der Waals surface area contributed by atoms with Crippen molar-refractivity contribution in [2.75, 3.05) is 10.6 Å². The Kier molecular flexibility index (Phi) is 5.26. The molecule has 1 saturated carbocycles. The molecule has 6 heteroatoms. The van der Waals surface area contributed by atoms with E-state index in [1.54, 1.807) is 24.3 Å². The summed E-state index contributed by atoms with van der Waals surface area (Å²) < 4.78 is 0. The summed E-state index contributed by atoms with van der Waals surface area (Å²) in [4.78, 5) is 36.2. The number of amides is 3. The summed E-state index contributed by atoms with van der Waals surface area (Å²) in [6.45, 7) is 3.83. The van der Waals surface area contributed by atoms with E-state index in [4.69, 9.17) is 0 Å². The highest BCUT2D eigenvalue weighted by molar-refractivity contribution is 6.13. The molecule has 2 aromatic rings. The average molecular weight is 365 g/mol. The van der Waals surface area contributed by atoms with Gasteiger partial charge >= 0.3 is 0 Å². The number of carbonyl (C=O) groups excluding carboxylic acids is 3. The summed E-state index contributed by atoms with van der Waals surface area (Å²) in [5.74, 6) is -0.693. The summed E-state index contributed by atoms with van der Waals surface area (Å²) in [6.07, 6.45) is 1.09. The van der Waals surface area contributed by atoms with Gasteiger partial charge in [-0.15, -0.1) is 0 Å². The van der Waals surface area contributed by atoms with E-state index < -0.39 is 5.41 Å². The summed E-state index contributed by atoms with van der Waals surface area (Å²) in [5.41, 5.74) is 2.39. The van der Waals surface area contributed by atoms with Gasteiger partial charge in [0.15, 0.2) is 0 Å². The number of benzene rings is 2. The Morgan fingerprint density at radius 3 is 2.11 bits per heavy atom. The van der Waals surface area contributed by atoms with E-state index >= 15 is 0 Å². The normalized spacial score (nSPS) is 14.1. The smallest absolute Gasteiger partial charge is 0.240 e. The molecular weight excluding hydrogens is 342 g/mol. The van der Waals surface area contributed by atoms with Gasteiger partial charge in [-0.3, -0.25) is 14.4 Å². The molecule has 3 rings (SSSR count). The second-order valence-electron chi connectivity index (χ2n) is 6.97. The van der Waals surface area contributed by atoms with Gasteiger partial charge in [0.05, 0.1) is 0 Å². The van der Waals surface area contributed by atoms with Crippen LogP contribution in [-0.4, -0.2) is 17.7 Å². The zero-order chi connectivity index (χ0) is 19.4. The molecule has 3 amide bonds. The molecule has 0 atom stereocenters. The maximum absolute atomic E-state index is 12.6. The molecular formula is C21H23N3O3. The Bertz CT molecular complexity index is 870. The van der Waals surface area contributed by atoms with Crippen LogP contribution < -0.4 is 16.0 Å². The molecule has 0 radical (unpaired) electrons. The first-order chi connectivity index (χ1) is 12.9. The zero-order valence-electron chi connectivity index (χ0n) is 15.5. The van der Waals surface area contributed by atoms with Gasteiger partial charge in [0.25, 0.3) is 0 Å². The number of rotatable bonds is 6. The zero-order valence-corrected chi connectivity index (χ0v) is 15.5. The maximum atomic E-state index is 12.6. The fourth-order valence-electron chi connectivity index (χ4n) is 2.95. The first kappa shape index (κ1) is 18.6. The number of carbonyl (C=O) groups is 3. The lowest BCUT2D eigenvalue weighted by molar-refractivity contribution is -0.134. The SMILES string of the molecule is CC(=O)Nc1ccc(NC(=O)C2(C(=O)NCc3cccc(C)c3)CC2)cc1. The van der Waals surface area contributed by atoms with E-state index in [0.717, 1.165) is 11.1 Å². The van der Waals surface area contributed by atoms with Crippen LogP contribution in [0.5, 0.6) is 0 Å². The van der Waals surface area contributed by atoms with Crippen molar-refractivity contribution in [1.29, 1.82) is 0 Å². The van der Waals surface area contributed by atoms with E-state index in [-0.39, 0.29) is 17.7 Å². The van der Waals surface area contributed by atoms with E-state index in [9.17, 15) is 14.4 Å². The highest BCUT2D eigenvalue weighted by Crippen LogP contribution is 2.46. The van der Waals surface area contributed by atoms with Gasteiger partial charge < -0.3 is 16.0 Å². The minimum Gasteiger partial charge on any atom is -0.351 e. The fraction of sp³-hybridized carbons (Fsp3) is 0.286. The number of aryl methyl sites for hydroxylation is 1. The predicted molar refractivity (Wildman–Crippen MR) is 104 cm³/mol. The summed E-state index contributed by atoms with van der Waals surface area (Å²) in [6, 6.07) is 14.7. The first-order valence-electron chi connectivity index (χ1n) is 8.92. The van der Waals surface area contributed by atoms with Gasteiger partial charge in [0, 0.05) is 24.8 Å². The van der Waals surface area contributed by atoms with Crippen LogP contribution in [0.15, 0.2) is 48.5 Å². The van der Waals surface area contributed by atoms with Crippen LogP contribution in [0.4, 0.5) is 11.4 Å². The Labute approximate surface area is 158 Å². The van der Waals surface area contributed by atoms with Crippen LogP contribution in [0.3, 0.4) is 0 Å². The number of nitrogens with one attached hydrogen (secondary N) is 3. The van der Waals surface area contributed by atoms with Gasteiger partial charge in [-0.2, -0.15) is 0 Å². The summed E-state index contributed by atoms with van der Waals surface area (Å²) >= 11 is 0. The third-order valence-electron chi connectivity index (χ3n) is 4.62. The molecule has 27 heavy (non-hydrogen) atoms. The fourth-order valence-corrected chi connectivity index (χ4v) is 2.95. The molecule has 0 aliphatic heterocycles. The standard InChI is InChI=1S/C21H23N3O3/c1-14-4-3-5-16(12-14)13-22-19(26)21(10-11-21)20(27)24-18-8-6-17(7-9-18)23-15(2)25/h3-9,12H,10-11,13H2,1-2H3,(H,22,26)(H,23,25)(H,24,27). The Hall–Kier alpha value is -3.15. The van der Waals surface area contributed by atoms with E-state index in [1.165, 1.54) is 6.92 Å². The minimum absolute atomic E-state index is 0.158. The Morgan fingerprint density at radius 2 is 1.56 bits per heavy atom. The summed E-state index contributed by atoms with van der Waals surface area (Å²) in [5, 5.41) is 8.35. The van der Waals surface area contributed by atoms with Crippen molar-refractivity contribution in [2.24, 2.45) is 5.41 Å². The van der Waals surface area contributed by atoms with Crippen LogP contribution in [0, 0.1) is 12.3 Å². The second kappa shape index (κ2) is 7.61. The van der Waals surface area contributed by atoms with Crippen molar-refractivity contribution in [3.63, 3.8) is 0 Å². The quantitative estimate of drug-likeness (QED) is 0.688. The molecule has 140 valence electrons. The largest absolute Gasteiger partial charge is 0.351 e. The molecule has 6 nitrogen and oxygen atoms in total. The molecule has 1 aliphatic rings. The number of hydrogen-bond donors (Lipinski definition) is 3. The van der Waals surface area contributed by atoms with Crippen molar-refractivity contribution in [2.45, 2.75) is 33.2 Å². The molecule has 0 aromatic heterocycles. The summed E-state index contributed by atoms with van der Waals surface area (Å²) in [7, 11) is 0. The Balaban J connectivity index is 1.58. The van der Waals surface area contributed by atoms with Crippen LogP contribution in [0.1, 0.15) is 30.9 Å². The number of hydrogen-bond acceptors (Lipinski definition) is 3. The average Bonchev–Trinajstić information content (AvgIpc) is 3.43. The highest BCUT2D eigenvalue weighted by Gasteiger charge is 2.56. The molecule has 0 bridgehead atoms. The lowest BCUT2D eigenvalue weighted by atomic mass is 10.0. The molecule has 0 saturated heterocycles. The molecule has 1 aliphatic carbocycles. The van der Waals surface area contributed by atoms with Crippen molar-refractivity contribution >= 4 is 29.1 Å². The lowest BCUT2D eigenvalue weighted by Crippen LogP contribution is -2.39. The minimum atomic E-state index is -0.986. The Morgan fingerprint density at radius 1 is 0.926 bits per heavy atom. The predicted octanol–water partition coefficient (Wildman–Crippen LogP) is 2.99. The maximum Gasteiger partial charge on any atom is 0.240 e. The molecule has 0 unspecified atom stereocenters. The van der Waals surface area contributed by atoms with Gasteiger partial charge in [0.1, 0.15) is 5.41 Å². The van der Waals surface area contributed by atoms with Crippen LogP contribution in [0.2, 0.25) is 0 Å². The highest BCUT2D eigenvalue weighted by atomic mass is 16.2. The lowest BCUT2D eigenvalue weighted by Gasteiger charge is -2.16. The second-order valence-corrected chi connectivity index (χ2v) is 6.97. The van der Waals surface area contributed by atoms with Crippen molar-refractivity contribution in [3.8, 4) is 0 Å². The van der Waals surface area contributed by atoms with Crippen molar-refractivity contribution < 1.29 is 14.4 Å². The van der Waals surface area contributed by atoms with Crippen molar-refractivity contribution in [1.82, 2.24) is 5.32 Å². The monoisotopic (exact) mass is 365 g/mol. The number of anilines is 2. The van der Waals surface area contributed by atoms with Crippen LogP contribution >= 0.6 is 0 Å². The third-order valence-corrected chi connectivity index (χ3v) is 4.62. The van der Waals surface area contributed by atoms with Gasteiger partial charge in [-0.05, 0) is 49.6 Å². The van der Waals surface area contributed by atoms with E-state index in [1.807, 2.05) is 31.2 Å². The molecule has 2 aromatic carbocycles. The molecule has 0 heterocycles. The third kappa shape index (κ3) is 4.53. The molecule has 3 N–H and O–H groups in total. The van der Waals surface area contributed by atoms with Gasteiger partial charge in [0.2, 0.25) is 17.7 Å². The van der Waals surface area contributed by atoms with Crippen LogP contribution in [0.25, 0.3) is 0 Å².